The summed E-state index contributed by atoms with van der Waals surface area (Å²) < 4.78 is 5.35. The van der Waals surface area contributed by atoms with Gasteiger partial charge in [-0.05, 0) is 24.1 Å². The summed E-state index contributed by atoms with van der Waals surface area (Å²) in [5.41, 5.74) is 2.28. The Labute approximate surface area is 155 Å². The second-order valence-corrected chi connectivity index (χ2v) is 6.31. The van der Waals surface area contributed by atoms with Gasteiger partial charge >= 0.3 is 5.63 Å². The van der Waals surface area contributed by atoms with Crippen LogP contribution in [0.3, 0.4) is 0 Å². The summed E-state index contributed by atoms with van der Waals surface area (Å²) >= 11 is 0. The molecule has 0 amide bonds. The molecule has 4 rings (SSSR count). The summed E-state index contributed by atoms with van der Waals surface area (Å²) in [7, 11) is 0. The molecule has 0 aliphatic rings. The molecule has 4 nitrogen and oxygen atoms in total. The van der Waals surface area contributed by atoms with Gasteiger partial charge in [-0.1, -0.05) is 60.7 Å². The SMILES string of the molecule is Cc1c(O)c(C(=O)c2ccccc2)cc2c(-c3ccccc3)cc(=O)oc12. The van der Waals surface area contributed by atoms with Gasteiger partial charge < -0.3 is 9.52 Å². The zero-order valence-corrected chi connectivity index (χ0v) is 14.6. The number of rotatable bonds is 3. The summed E-state index contributed by atoms with van der Waals surface area (Å²) in [4.78, 5) is 25.0. The van der Waals surface area contributed by atoms with Crippen molar-refractivity contribution < 1.29 is 14.3 Å². The normalized spacial score (nSPS) is 10.9. The number of fused-ring (bicyclic) bond motifs is 1. The highest BCUT2D eigenvalue weighted by Crippen LogP contribution is 2.36. The maximum atomic E-state index is 12.9. The molecule has 0 saturated carbocycles. The van der Waals surface area contributed by atoms with E-state index in [0.717, 1.165) is 5.56 Å². The molecular weight excluding hydrogens is 340 g/mol. The molecule has 1 heterocycles. The van der Waals surface area contributed by atoms with E-state index in [1.165, 1.54) is 6.07 Å². The Morgan fingerprint density at radius 3 is 2.22 bits per heavy atom. The lowest BCUT2D eigenvalue weighted by Crippen LogP contribution is -2.05. The number of hydrogen-bond donors (Lipinski definition) is 1. The number of ketones is 1. The molecule has 3 aromatic carbocycles. The molecule has 4 heteroatoms. The van der Waals surface area contributed by atoms with E-state index in [-0.39, 0.29) is 22.7 Å². The fourth-order valence-corrected chi connectivity index (χ4v) is 3.22. The molecule has 0 radical (unpaired) electrons. The van der Waals surface area contributed by atoms with Crippen molar-refractivity contribution in [2.24, 2.45) is 0 Å². The van der Waals surface area contributed by atoms with Gasteiger partial charge in [-0.15, -0.1) is 0 Å². The average molecular weight is 356 g/mol. The van der Waals surface area contributed by atoms with E-state index in [9.17, 15) is 14.7 Å². The van der Waals surface area contributed by atoms with Gasteiger partial charge in [0.2, 0.25) is 0 Å². The lowest BCUT2D eigenvalue weighted by Gasteiger charge is -2.12. The summed E-state index contributed by atoms with van der Waals surface area (Å²) in [5.74, 6) is -0.465. The van der Waals surface area contributed by atoms with Crippen molar-refractivity contribution in [1.82, 2.24) is 0 Å². The van der Waals surface area contributed by atoms with E-state index in [4.69, 9.17) is 4.42 Å². The van der Waals surface area contributed by atoms with E-state index >= 15 is 0 Å². The lowest BCUT2D eigenvalue weighted by atomic mass is 9.94. The molecule has 4 aromatic rings. The highest BCUT2D eigenvalue weighted by atomic mass is 16.4. The lowest BCUT2D eigenvalue weighted by molar-refractivity contribution is 0.103. The van der Waals surface area contributed by atoms with E-state index in [2.05, 4.69) is 0 Å². The van der Waals surface area contributed by atoms with Crippen LogP contribution in [0, 0.1) is 6.92 Å². The molecule has 0 fully saturated rings. The first-order valence-corrected chi connectivity index (χ1v) is 8.52. The minimum atomic E-state index is -0.508. The predicted octanol–water partition coefficient (Wildman–Crippen LogP) is 4.71. The minimum Gasteiger partial charge on any atom is -0.507 e. The summed E-state index contributed by atoms with van der Waals surface area (Å²) in [6, 6.07) is 21.2. The Hall–Kier alpha value is -3.66. The maximum Gasteiger partial charge on any atom is 0.336 e. The third-order valence-electron chi connectivity index (χ3n) is 4.60. The molecule has 0 aliphatic carbocycles. The topological polar surface area (TPSA) is 67.5 Å². The molecule has 0 aliphatic heterocycles. The Kier molecular flexibility index (Phi) is 4.09. The Balaban J connectivity index is 2.03. The molecule has 27 heavy (non-hydrogen) atoms. The van der Waals surface area contributed by atoms with Crippen molar-refractivity contribution >= 4 is 16.8 Å². The van der Waals surface area contributed by atoms with E-state index in [1.807, 2.05) is 36.4 Å². The summed E-state index contributed by atoms with van der Waals surface area (Å²) in [6.45, 7) is 1.64. The van der Waals surface area contributed by atoms with Crippen molar-refractivity contribution in [1.29, 1.82) is 0 Å². The van der Waals surface area contributed by atoms with Crippen LogP contribution in [-0.2, 0) is 0 Å². The second-order valence-electron chi connectivity index (χ2n) is 6.31. The largest absolute Gasteiger partial charge is 0.507 e. The average Bonchev–Trinajstić information content (AvgIpc) is 2.71. The van der Waals surface area contributed by atoms with Gasteiger partial charge in [0.05, 0.1) is 5.56 Å². The summed E-state index contributed by atoms with van der Waals surface area (Å²) in [5, 5.41) is 11.2. The number of hydrogen-bond acceptors (Lipinski definition) is 4. The molecular formula is C23H16O4. The van der Waals surface area contributed by atoms with Crippen molar-refractivity contribution in [2.45, 2.75) is 6.92 Å². The van der Waals surface area contributed by atoms with Crippen LogP contribution in [-0.4, -0.2) is 10.9 Å². The monoisotopic (exact) mass is 356 g/mol. The molecule has 0 bridgehead atoms. The number of benzene rings is 3. The van der Waals surface area contributed by atoms with Crippen LogP contribution < -0.4 is 5.63 Å². The third kappa shape index (κ3) is 2.91. The molecule has 132 valence electrons. The molecule has 0 unspecified atom stereocenters. The highest BCUT2D eigenvalue weighted by molar-refractivity contribution is 6.13. The number of carbonyl (C=O) groups is 1. The number of carbonyl (C=O) groups excluding carboxylic acids is 1. The van der Waals surface area contributed by atoms with Gasteiger partial charge in [0.25, 0.3) is 0 Å². The first-order valence-electron chi connectivity index (χ1n) is 8.52. The number of phenols is 1. The van der Waals surface area contributed by atoms with Crippen molar-refractivity contribution in [3.05, 3.63) is 99.9 Å². The Morgan fingerprint density at radius 2 is 1.56 bits per heavy atom. The number of aromatic hydroxyl groups is 1. The minimum absolute atomic E-state index is 0.176. The van der Waals surface area contributed by atoms with Crippen LogP contribution in [0.1, 0.15) is 21.5 Å². The first-order chi connectivity index (χ1) is 13.1. The van der Waals surface area contributed by atoms with Gasteiger partial charge in [-0.25, -0.2) is 4.79 Å². The van der Waals surface area contributed by atoms with E-state index < -0.39 is 5.63 Å². The number of phenolic OH excluding ortho intramolecular Hbond substituents is 1. The van der Waals surface area contributed by atoms with Crippen LogP contribution in [0.25, 0.3) is 22.1 Å². The van der Waals surface area contributed by atoms with Crippen LogP contribution in [0.5, 0.6) is 5.75 Å². The third-order valence-corrected chi connectivity index (χ3v) is 4.60. The van der Waals surface area contributed by atoms with Crippen LogP contribution in [0.15, 0.2) is 82.0 Å². The maximum absolute atomic E-state index is 12.9. The molecule has 0 atom stereocenters. The number of aryl methyl sites for hydroxylation is 1. The van der Waals surface area contributed by atoms with Crippen molar-refractivity contribution in [3.8, 4) is 16.9 Å². The van der Waals surface area contributed by atoms with Gasteiger partial charge in [-0.2, -0.15) is 0 Å². The second kappa shape index (κ2) is 6.57. The Bertz CT molecular complexity index is 1210. The molecule has 0 spiro atoms. The van der Waals surface area contributed by atoms with E-state index in [1.54, 1.807) is 37.3 Å². The Morgan fingerprint density at radius 1 is 0.926 bits per heavy atom. The zero-order chi connectivity index (χ0) is 19.0. The van der Waals surface area contributed by atoms with Crippen molar-refractivity contribution in [3.63, 3.8) is 0 Å². The van der Waals surface area contributed by atoms with Crippen LogP contribution >= 0.6 is 0 Å². The highest BCUT2D eigenvalue weighted by Gasteiger charge is 2.20. The zero-order valence-electron chi connectivity index (χ0n) is 14.6. The molecule has 0 saturated heterocycles. The quantitative estimate of drug-likeness (QED) is 0.427. The van der Waals surface area contributed by atoms with Crippen LogP contribution in [0.2, 0.25) is 0 Å². The van der Waals surface area contributed by atoms with Gasteiger partial charge in [-0.3, -0.25) is 4.79 Å². The predicted molar refractivity (Wildman–Crippen MR) is 104 cm³/mol. The van der Waals surface area contributed by atoms with E-state index in [0.29, 0.717) is 22.1 Å². The smallest absolute Gasteiger partial charge is 0.336 e. The van der Waals surface area contributed by atoms with Gasteiger partial charge in [0.15, 0.2) is 5.78 Å². The first kappa shape index (κ1) is 16.8. The van der Waals surface area contributed by atoms with Crippen LogP contribution in [0.4, 0.5) is 0 Å². The van der Waals surface area contributed by atoms with Crippen molar-refractivity contribution in [2.75, 3.05) is 0 Å². The summed E-state index contributed by atoms with van der Waals surface area (Å²) in [6.07, 6.45) is 0. The fourth-order valence-electron chi connectivity index (χ4n) is 3.22. The van der Waals surface area contributed by atoms with Gasteiger partial charge in [0.1, 0.15) is 11.3 Å². The molecule has 1 N–H and O–H groups in total. The fraction of sp³-hybridized carbons (Fsp3) is 0.0435. The molecule has 1 aromatic heterocycles. The van der Waals surface area contributed by atoms with Gasteiger partial charge in [0, 0.05) is 22.6 Å². The standard InChI is InChI=1S/C23H16O4/c1-14-21(25)19(22(26)16-10-6-3-7-11-16)12-18-17(13-20(24)27-23(14)18)15-8-4-2-5-9-15/h2-13,25H,1H3.